The van der Waals surface area contributed by atoms with Gasteiger partial charge in [0.15, 0.2) is 0 Å². The number of hydrogen-bond acceptors (Lipinski definition) is 2. The number of carbonyl (C=O) groups is 1. The first-order valence-corrected chi connectivity index (χ1v) is 8.12. The Kier molecular flexibility index (Phi) is 3.82. The lowest BCUT2D eigenvalue weighted by Gasteiger charge is -2.10. The topological polar surface area (TPSA) is 31.2 Å². The van der Waals surface area contributed by atoms with E-state index in [0.29, 0.717) is 5.69 Å². The third-order valence-corrected chi connectivity index (χ3v) is 4.32. The zero-order chi connectivity index (χ0) is 17.2. The molecule has 1 aromatic heterocycles. The highest BCUT2D eigenvalue weighted by Gasteiger charge is 2.17. The van der Waals surface area contributed by atoms with Crippen molar-refractivity contribution in [3.63, 3.8) is 0 Å². The fourth-order valence-electron chi connectivity index (χ4n) is 3.12. The molecule has 0 N–H and O–H groups in total. The van der Waals surface area contributed by atoms with Gasteiger partial charge >= 0.3 is 5.97 Å². The van der Waals surface area contributed by atoms with Crippen LogP contribution >= 0.6 is 0 Å². The number of nitrogens with zero attached hydrogens (tertiary/aromatic N) is 1. The standard InChI is InChI=1S/C22H17NO2/c1-25-22(24)21-15-18-13-12-17(16-8-4-2-5-9-16)14-20(18)23(21)19-10-6-3-7-11-19/h2-15H,1H3. The van der Waals surface area contributed by atoms with Gasteiger partial charge in [0.05, 0.1) is 12.6 Å². The molecule has 0 amide bonds. The van der Waals surface area contributed by atoms with Crippen LogP contribution in [-0.4, -0.2) is 17.6 Å². The van der Waals surface area contributed by atoms with Crippen molar-refractivity contribution in [2.45, 2.75) is 0 Å². The van der Waals surface area contributed by atoms with Crippen molar-refractivity contribution in [1.82, 2.24) is 4.57 Å². The highest BCUT2D eigenvalue weighted by Crippen LogP contribution is 2.29. The minimum Gasteiger partial charge on any atom is -0.464 e. The summed E-state index contributed by atoms with van der Waals surface area (Å²) in [7, 11) is 1.41. The third kappa shape index (κ3) is 2.70. The van der Waals surface area contributed by atoms with Crippen LogP contribution in [0.3, 0.4) is 0 Å². The van der Waals surface area contributed by atoms with Crippen LogP contribution in [0.2, 0.25) is 0 Å². The van der Waals surface area contributed by atoms with Gasteiger partial charge in [-0.25, -0.2) is 4.79 Å². The van der Waals surface area contributed by atoms with Crippen molar-refractivity contribution >= 4 is 16.9 Å². The number of ether oxygens (including phenoxy) is 1. The zero-order valence-corrected chi connectivity index (χ0v) is 13.8. The number of para-hydroxylation sites is 1. The monoisotopic (exact) mass is 327 g/mol. The summed E-state index contributed by atoms with van der Waals surface area (Å²) in [6, 6.07) is 28.2. The predicted octanol–water partition coefficient (Wildman–Crippen LogP) is 5.08. The molecule has 4 aromatic rings. The summed E-state index contributed by atoms with van der Waals surface area (Å²) in [6.07, 6.45) is 0. The SMILES string of the molecule is COC(=O)c1cc2ccc(-c3ccccc3)cc2n1-c1ccccc1. The maximum absolute atomic E-state index is 12.3. The van der Waals surface area contributed by atoms with E-state index < -0.39 is 0 Å². The van der Waals surface area contributed by atoms with Gasteiger partial charge in [-0.2, -0.15) is 0 Å². The molecule has 0 atom stereocenters. The van der Waals surface area contributed by atoms with Crippen molar-refractivity contribution in [3.05, 3.63) is 90.6 Å². The van der Waals surface area contributed by atoms with Gasteiger partial charge in [-0.15, -0.1) is 0 Å². The van der Waals surface area contributed by atoms with Crippen LogP contribution in [0, 0.1) is 0 Å². The highest BCUT2D eigenvalue weighted by atomic mass is 16.5. The van der Waals surface area contributed by atoms with E-state index in [0.717, 1.165) is 27.7 Å². The number of hydrogen-bond donors (Lipinski definition) is 0. The molecule has 3 aromatic carbocycles. The molecule has 1 heterocycles. The van der Waals surface area contributed by atoms with Gasteiger partial charge in [0.1, 0.15) is 5.69 Å². The molecule has 0 saturated heterocycles. The molecule has 0 bridgehead atoms. The lowest BCUT2D eigenvalue weighted by Crippen LogP contribution is -2.08. The lowest BCUT2D eigenvalue weighted by atomic mass is 10.0. The summed E-state index contributed by atoms with van der Waals surface area (Å²) >= 11 is 0. The Balaban J connectivity index is 1.99. The highest BCUT2D eigenvalue weighted by molar-refractivity contribution is 5.98. The van der Waals surface area contributed by atoms with E-state index in [1.54, 1.807) is 0 Å². The molecule has 0 aliphatic rings. The number of esters is 1. The molecule has 3 nitrogen and oxygen atoms in total. The maximum Gasteiger partial charge on any atom is 0.355 e. The van der Waals surface area contributed by atoms with Crippen molar-refractivity contribution in [1.29, 1.82) is 0 Å². The summed E-state index contributed by atoms with van der Waals surface area (Å²) in [5.74, 6) is -0.346. The number of benzene rings is 3. The van der Waals surface area contributed by atoms with Crippen molar-refractivity contribution in [3.8, 4) is 16.8 Å². The molecule has 0 aliphatic carbocycles. The first-order chi connectivity index (χ1) is 12.3. The van der Waals surface area contributed by atoms with Crippen molar-refractivity contribution in [2.24, 2.45) is 0 Å². The number of methoxy groups -OCH3 is 1. The molecule has 122 valence electrons. The molecular formula is C22H17NO2. The molecule has 25 heavy (non-hydrogen) atoms. The molecular weight excluding hydrogens is 310 g/mol. The quantitative estimate of drug-likeness (QED) is 0.491. The van der Waals surface area contributed by atoms with Gasteiger partial charge in [-0.05, 0) is 35.4 Å². The van der Waals surface area contributed by atoms with E-state index >= 15 is 0 Å². The fraction of sp³-hybridized carbons (Fsp3) is 0.0455. The molecule has 0 unspecified atom stereocenters. The Bertz CT molecular complexity index is 1030. The van der Waals surface area contributed by atoms with Gasteiger partial charge in [-0.3, -0.25) is 0 Å². The first kappa shape index (κ1) is 15.2. The van der Waals surface area contributed by atoms with Crippen LogP contribution in [0.25, 0.3) is 27.7 Å². The van der Waals surface area contributed by atoms with Crippen molar-refractivity contribution in [2.75, 3.05) is 7.11 Å². The number of carbonyl (C=O) groups excluding carboxylic acids is 1. The van der Waals surface area contributed by atoms with E-state index in [4.69, 9.17) is 4.74 Å². The van der Waals surface area contributed by atoms with Gasteiger partial charge in [-0.1, -0.05) is 60.7 Å². The molecule has 0 aliphatic heterocycles. The summed E-state index contributed by atoms with van der Waals surface area (Å²) in [5, 5.41) is 1.00. The number of aromatic nitrogens is 1. The Morgan fingerprint density at radius 1 is 0.800 bits per heavy atom. The second-order valence-corrected chi connectivity index (χ2v) is 5.83. The van der Waals surface area contributed by atoms with Crippen LogP contribution < -0.4 is 0 Å². The zero-order valence-electron chi connectivity index (χ0n) is 13.8. The summed E-state index contributed by atoms with van der Waals surface area (Å²) in [4.78, 5) is 12.3. The Labute approximate surface area is 146 Å². The molecule has 3 heteroatoms. The van der Waals surface area contributed by atoms with Crippen LogP contribution in [0.1, 0.15) is 10.5 Å². The molecule has 0 saturated carbocycles. The second-order valence-electron chi connectivity index (χ2n) is 5.83. The van der Waals surface area contributed by atoms with Gasteiger partial charge < -0.3 is 9.30 Å². The van der Waals surface area contributed by atoms with E-state index in [9.17, 15) is 4.79 Å². The van der Waals surface area contributed by atoms with Gasteiger partial charge in [0, 0.05) is 11.1 Å². The Morgan fingerprint density at radius 3 is 2.16 bits per heavy atom. The third-order valence-electron chi connectivity index (χ3n) is 4.32. The minimum absolute atomic E-state index is 0.346. The van der Waals surface area contributed by atoms with E-state index in [-0.39, 0.29) is 5.97 Å². The van der Waals surface area contributed by atoms with Crippen LogP contribution in [0.15, 0.2) is 84.9 Å². The second kappa shape index (κ2) is 6.29. The largest absolute Gasteiger partial charge is 0.464 e. The smallest absolute Gasteiger partial charge is 0.355 e. The Hall–Kier alpha value is -3.33. The number of fused-ring (bicyclic) bond motifs is 1. The van der Waals surface area contributed by atoms with Gasteiger partial charge in [0.25, 0.3) is 0 Å². The first-order valence-electron chi connectivity index (χ1n) is 8.12. The molecule has 0 spiro atoms. The minimum atomic E-state index is -0.346. The molecule has 4 rings (SSSR count). The molecule has 0 fully saturated rings. The lowest BCUT2D eigenvalue weighted by molar-refractivity contribution is 0.0592. The van der Waals surface area contributed by atoms with Crippen LogP contribution in [-0.2, 0) is 4.74 Å². The average molecular weight is 327 g/mol. The van der Waals surface area contributed by atoms with Gasteiger partial charge in [0.2, 0.25) is 0 Å². The summed E-state index contributed by atoms with van der Waals surface area (Å²) in [6.45, 7) is 0. The number of rotatable bonds is 3. The van der Waals surface area contributed by atoms with Crippen LogP contribution in [0.4, 0.5) is 0 Å². The van der Waals surface area contributed by atoms with E-state index in [1.165, 1.54) is 7.11 Å². The summed E-state index contributed by atoms with van der Waals surface area (Å²) in [5.41, 5.74) is 4.69. The average Bonchev–Trinajstić information content (AvgIpc) is 3.07. The van der Waals surface area contributed by atoms with Crippen molar-refractivity contribution < 1.29 is 9.53 Å². The van der Waals surface area contributed by atoms with E-state index in [2.05, 4.69) is 24.3 Å². The summed E-state index contributed by atoms with van der Waals surface area (Å²) < 4.78 is 6.94. The van der Waals surface area contributed by atoms with Crippen LogP contribution in [0.5, 0.6) is 0 Å². The Morgan fingerprint density at radius 2 is 1.48 bits per heavy atom. The normalized spacial score (nSPS) is 10.8. The fourth-order valence-corrected chi connectivity index (χ4v) is 3.12. The van der Waals surface area contributed by atoms with E-state index in [1.807, 2.05) is 65.2 Å². The predicted molar refractivity (Wildman–Crippen MR) is 100 cm³/mol. The maximum atomic E-state index is 12.3. The molecule has 0 radical (unpaired) electrons.